The lowest BCUT2D eigenvalue weighted by molar-refractivity contribution is 1.05. The third-order valence-corrected chi connectivity index (χ3v) is 9.87. The SMILES string of the molecule is C=C/C=C\c1c(C)n(-c2cccc(-c3ccc(-c4ccccc4)cc3)c2)c2ccc3c(c4ccccc4n3-c3ccc4ccccc4c3)c12. The second-order valence-electron chi connectivity index (χ2n) is 12.7. The van der Waals surface area contributed by atoms with E-state index in [2.05, 4.69) is 193 Å². The molecule has 2 heteroatoms. The van der Waals surface area contributed by atoms with E-state index >= 15 is 0 Å². The minimum absolute atomic E-state index is 1.14. The minimum atomic E-state index is 1.14. The summed E-state index contributed by atoms with van der Waals surface area (Å²) in [5, 5.41) is 6.24. The third kappa shape index (κ3) is 4.72. The van der Waals surface area contributed by atoms with Gasteiger partial charge in [-0.3, -0.25) is 0 Å². The first-order valence-corrected chi connectivity index (χ1v) is 16.8. The molecule has 9 rings (SSSR count). The number of aromatic nitrogens is 2. The van der Waals surface area contributed by atoms with Gasteiger partial charge in [-0.05, 0) is 82.4 Å². The molecule has 2 nitrogen and oxygen atoms in total. The maximum absolute atomic E-state index is 4.00. The molecule has 0 aliphatic carbocycles. The van der Waals surface area contributed by atoms with Crippen molar-refractivity contribution in [2.75, 3.05) is 0 Å². The van der Waals surface area contributed by atoms with Crippen LogP contribution in [0.3, 0.4) is 0 Å². The lowest BCUT2D eigenvalue weighted by atomic mass is 10.00. The summed E-state index contributed by atoms with van der Waals surface area (Å²) in [6, 6.07) is 57.1. The van der Waals surface area contributed by atoms with Crippen molar-refractivity contribution < 1.29 is 0 Å². The van der Waals surface area contributed by atoms with Crippen LogP contribution in [-0.2, 0) is 0 Å². The van der Waals surface area contributed by atoms with Crippen molar-refractivity contribution in [1.82, 2.24) is 9.13 Å². The van der Waals surface area contributed by atoms with Crippen LogP contribution in [0.2, 0.25) is 0 Å². The van der Waals surface area contributed by atoms with Gasteiger partial charge in [0.2, 0.25) is 0 Å². The lowest BCUT2D eigenvalue weighted by Gasteiger charge is -2.12. The van der Waals surface area contributed by atoms with Gasteiger partial charge in [-0.15, -0.1) is 0 Å². The highest BCUT2D eigenvalue weighted by molar-refractivity contribution is 6.23. The number of hydrogen-bond acceptors (Lipinski definition) is 0. The normalized spacial score (nSPS) is 11.8. The molecule has 0 aliphatic heterocycles. The molecular formula is C47H34N2. The van der Waals surface area contributed by atoms with E-state index in [0.717, 1.165) is 11.4 Å². The third-order valence-electron chi connectivity index (χ3n) is 9.87. The van der Waals surface area contributed by atoms with Crippen LogP contribution in [0, 0.1) is 6.92 Å². The van der Waals surface area contributed by atoms with Gasteiger partial charge in [0, 0.05) is 38.8 Å². The molecule has 0 unspecified atom stereocenters. The molecule has 2 heterocycles. The molecule has 0 aliphatic rings. The van der Waals surface area contributed by atoms with Crippen LogP contribution >= 0.6 is 0 Å². The van der Waals surface area contributed by atoms with E-state index in [1.165, 1.54) is 77.0 Å². The van der Waals surface area contributed by atoms with Crippen LogP contribution in [0.1, 0.15) is 11.3 Å². The fourth-order valence-corrected chi connectivity index (χ4v) is 7.60. The molecule has 2 aromatic heterocycles. The van der Waals surface area contributed by atoms with Crippen molar-refractivity contribution in [3.63, 3.8) is 0 Å². The first kappa shape index (κ1) is 28.8. The molecule has 0 N–H and O–H groups in total. The molecule has 7 aromatic carbocycles. The number of benzene rings is 7. The minimum Gasteiger partial charge on any atom is -0.313 e. The molecule has 0 atom stereocenters. The van der Waals surface area contributed by atoms with Crippen LogP contribution in [0.25, 0.3) is 83.2 Å². The Hall–Kier alpha value is -6.38. The van der Waals surface area contributed by atoms with Crippen molar-refractivity contribution in [2.45, 2.75) is 6.92 Å². The molecule has 9 aromatic rings. The van der Waals surface area contributed by atoms with Crippen LogP contribution in [-0.4, -0.2) is 9.13 Å². The van der Waals surface area contributed by atoms with Crippen molar-refractivity contribution >= 4 is 49.6 Å². The van der Waals surface area contributed by atoms with E-state index in [0.29, 0.717) is 0 Å². The molecule has 0 spiro atoms. The van der Waals surface area contributed by atoms with Gasteiger partial charge < -0.3 is 9.13 Å². The van der Waals surface area contributed by atoms with E-state index in [1.54, 1.807) is 0 Å². The molecule has 49 heavy (non-hydrogen) atoms. The Kier molecular flexibility index (Phi) is 6.88. The van der Waals surface area contributed by atoms with Gasteiger partial charge in [-0.25, -0.2) is 0 Å². The average Bonchev–Trinajstić information content (AvgIpc) is 3.65. The molecule has 0 saturated heterocycles. The second-order valence-corrected chi connectivity index (χ2v) is 12.7. The monoisotopic (exact) mass is 626 g/mol. The van der Waals surface area contributed by atoms with E-state index < -0.39 is 0 Å². The van der Waals surface area contributed by atoms with Crippen molar-refractivity contribution in [2.24, 2.45) is 0 Å². The summed E-state index contributed by atoms with van der Waals surface area (Å²) in [6.45, 7) is 6.24. The van der Waals surface area contributed by atoms with Gasteiger partial charge in [0.25, 0.3) is 0 Å². The Bertz CT molecular complexity index is 2720. The Morgan fingerprint density at radius 2 is 1.10 bits per heavy atom. The van der Waals surface area contributed by atoms with E-state index in [4.69, 9.17) is 0 Å². The van der Waals surface area contributed by atoms with Gasteiger partial charge in [0.1, 0.15) is 0 Å². The topological polar surface area (TPSA) is 9.86 Å². The average molecular weight is 627 g/mol. The van der Waals surface area contributed by atoms with E-state index in [9.17, 15) is 0 Å². The zero-order valence-electron chi connectivity index (χ0n) is 27.3. The molecule has 0 amide bonds. The smallest absolute Gasteiger partial charge is 0.0548 e. The first-order chi connectivity index (χ1) is 24.2. The number of allylic oxidation sites excluding steroid dienone is 2. The maximum Gasteiger partial charge on any atom is 0.0548 e. The molecular weight excluding hydrogens is 593 g/mol. The summed E-state index contributed by atoms with van der Waals surface area (Å²) in [4.78, 5) is 0. The van der Waals surface area contributed by atoms with E-state index in [-0.39, 0.29) is 0 Å². The Morgan fingerprint density at radius 1 is 0.469 bits per heavy atom. The summed E-state index contributed by atoms with van der Waals surface area (Å²) in [5.41, 5.74) is 13.1. The van der Waals surface area contributed by atoms with Crippen molar-refractivity contribution in [1.29, 1.82) is 0 Å². The zero-order valence-corrected chi connectivity index (χ0v) is 27.3. The predicted molar refractivity (Wildman–Crippen MR) is 210 cm³/mol. The first-order valence-electron chi connectivity index (χ1n) is 16.8. The van der Waals surface area contributed by atoms with Gasteiger partial charge >= 0.3 is 0 Å². The van der Waals surface area contributed by atoms with Crippen LogP contribution in [0.4, 0.5) is 0 Å². The highest BCUT2D eigenvalue weighted by Crippen LogP contribution is 2.42. The summed E-state index contributed by atoms with van der Waals surface area (Å²) >= 11 is 0. The summed E-state index contributed by atoms with van der Waals surface area (Å²) in [5.74, 6) is 0. The Morgan fingerprint density at radius 3 is 1.90 bits per heavy atom. The number of rotatable bonds is 6. The van der Waals surface area contributed by atoms with E-state index in [1.807, 2.05) is 6.08 Å². The van der Waals surface area contributed by atoms with Crippen LogP contribution in [0.5, 0.6) is 0 Å². The Labute approximate surface area is 286 Å². The summed E-state index contributed by atoms with van der Waals surface area (Å²) < 4.78 is 4.84. The van der Waals surface area contributed by atoms with Gasteiger partial charge in [0.15, 0.2) is 0 Å². The van der Waals surface area contributed by atoms with Crippen molar-refractivity contribution in [3.8, 4) is 33.6 Å². The highest BCUT2D eigenvalue weighted by Gasteiger charge is 2.21. The Balaban J connectivity index is 1.26. The molecule has 0 radical (unpaired) electrons. The predicted octanol–water partition coefficient (Wildman–Crippen LogP) is 12.7. The van der Waals surface area contributed by atoms with Gasteiger partial charge in [-0.1, -0.05) is 140 Å². The lowest BCUT2D eigenvalue weighted by Crippen LogP contribution is -1.97. The highest BCUT2D eigenvalue weighted by atomic mass is 15.0. The quantitative estimate of drug-likeness (QED) is 0.163. The van der Waals surface area contributed by atoms with Gasteiger partial charge in [-0.2, -0.15) is 0 Å². The molecule has 0 fully saturated rings. The second kappa shape index (κ2) is 11.7. The summed E-state index contributed by atoms with van der Waals surface area (Å²) in [7, 11) is 0. The number of nitrogens with zero attached hydrogens (tertiary/aromatic N) is 2. The van der Waals surface area contributed by atoms with Crippen LogP contribution < -0.4 is 0 Å². The number of para-hydroxylation sites is 1. The van der Waals surface area contributed by atoms with Crippen LogP contribution in [0.15, 0.2) is 176 Å². The zero-order chi connectivity index (χ0) is 32.9. The maximum atomic E-state index is 4.00. The molecule has 0 bridgehead atoms. The molecule has 0 saturated carbocycles. The van der Waals surface area contributed by atoms with Gasteiger partial charge in [0.05, 0.1) is 16.6 Å². The fourth-order valence-electron chi connectivity index (χ4n) is 7.60. The summed E-state index contributed by atoms with van der Waals surface area (Å²) in [6.07, 6.45) is 6.13. The molecule has 232 valence electrons. The number of hydrogen-bond donors (Lipinski definition) is 0. The van der Waals surface area contributed by atoms with Crippen molar-refractivity contribution in [3.05, 3.63) is 188 Å². The fraction of sp³-hybridized carbons (Fsp3) is 0.0213. The number of fused-ring (bicyclic) bond motifs is 6. The largest absolute Gasteiger partial charge is 0.313 e. The standard InChI is InChI=1S/C47H34N2/c1-3-4-19-41-32(2)48(39-18-12-17-38(30-39)36-24-22-35(23-25-36)33-13-6-5-7-14-33)44-28-29-45-47(46(41)44)42-20-10-11-21-43(42)49(45)40-27-26-34-15-8-9-16-37(34)31-40/h3-31H,1H2,2H3/b19-4-.